The summed E-state index contributed by atoms with van der Waals surface area (Å²) in [4.78, 5) is 7.73. The lowest BCUT2D eigenvalue weighted by molar-refractivity contribution is 0.550. The van der Waals surface area contributed by atoms with E-state index in [9.17, 15) is 0 Å². The highest BCUT2D eigenvalue weighted by atomic mass is 32.1. The van der Waals surface area contributed by atoms with Crippen LogP contribution in [0.15, 0.2) is 30.3 Å². The van der Waals surface area contributed by atoms with Crippen LogP contribution >= 0.6 is 12.2 Å². The van der Waals surface area contributed by atoms with Crippen LogP contribution in [0.4, 0.5) is 5.82 Å². The van der Waals surface area contributed by atoms with Crippen LogP contribution in [0.5, 0.6) is 0 Å². The average molecular weight is 283 g/mol. The maximum Gasteiger partial charge on any atom is 0.139 e. The molecule has 20 heavy (non-hydrogen) atoms. The van der Waals surface area contributed by atoms with Gasteiger partial charge in [0.2, 0.25) is 0 Å². The number of hydrogen-bond donors (Lipinski definition) is 1. The normalized spacial score (nSPS) is 24.5. The number of nitrogens with zero attached hydrogens (tertiary/aromatic N) is 2. The molecule has 4 heteroatoms. The number of benzene rings is 1. The molecule has 2 aliphatic rings. The number of rotatable bonds is 2. The first-order chi connectivity index (χ1) is 9.72. The zero-order valence-corrected chi connectivity index (χ0v) is 12.1. The molecule has 3 nitrogen and oxygen atoms in total. The van der Waals surface area contributed by atoms with E-state index in [1.807, 2.05) is 12.1 Å². The van der Waals surface area contributed by atoms with Crippen molar-refractivity contribution in [2.45, 2.75) is 25.3 Å². The molecule has 2 atom stereocenters. The largest absolute Gasteiger partial charge is 0.389 e. The van der Waals surface area contributed by atoms with Crippen molar-refractivity contribution in [3.8, 4) is 0 Å². The summed E-state index contributed by atoms with van der Waals surface area (Å²) in [5.74, 6) is 1.82. The summed E-state index contributed by atoms with van der Waals surface area (Å²) in [5.41, 5.74) is 7.88. The third kappa shape index (κ3) is 1.79. The van der Waals surface area contributed by atoms with Crippen molar-refractivity contribution in [2.75, 3.05) is 11.4 Å². The van der Waals surface area contributed by atoms with E-state index in [0.29, 0.717) is 11.0 Å². The SMILES string of the molecule is NC(=S)c1cc2ccccc2nc1N1CC2CCC1C2. The Hall–Kier alpha value is -1.68. The predicted molar refractivity (Wildman–Crippen MR) is 86.1 cm³/mol. The molecule has 1 saturated carbocycles. The van der Waals surface area contributed by atoms with Crippen molar-refractivity contribution >= 4 is 33.9 Å². The van der Waals surface area contributed by atoms with Gasteiger partial charge in [-0.05, 0) is 37.3 Å². The van der Waals surface area contributed by atoms with E-state index < -0.39 is 0 Å². The van der Waals surface area contributed by atoms with Gasteiger partial charge < -0.3 is 10.6 Å². The monoisotopic (exact) mass is 283 g/mol. The molecular formula is C16H17N3S. The van der Waals surface area contributed by atoms with Crippen LogP contribution in [-0.2, 0) is 0 Å². The van der Waals surface area contributed by atoms with Crippen LogP contribution in [0.2, 0.25) is 0 Å². The van der Waals surface area contributed by atoms with Crippen molar-refractivity contribution in [3.05, 3.63) is 35.9 Å². The molecule has 2 aromatic rings. The van der Waals surface area contributed by atoms with Gasteiger partial charge in [-0.15, -0.1) is 0 Å². The maximum absolute atomic E-state index is 5.94. The Kier molecular flexibility index (Phi) is 2.67. The second-order valence-electron chi connectivity index (χ2n) is 5.90. The van der Waals surface area contributed by atoms with Crippen LogP contribution in [-0.4, -0.2) is 22.6 Å². The van der Waals surface area contributed by atoms with Gasteiger partial charge in [0.1, 0.15) is 10.8 Å². The van der Waals surface area contributed by atoms with Crippen molar-refractivity contribution in [1.82, 2.24) is 4.98 Å². The smallest absolute Gasteiger partial charge is 0.139 e. The number of anilines is 1. The molecule has 1 aromatic carbocycles. The topological polar surface area (TPSA) is 42.1 Å². The minimum Gasteiger partial charge on any atom is -0.389 e. The van der Waals surface area contributed by atoms with E-state index >= 15 is 0 Å². The van der Waals surface area contributed by atoms with Crippen LogP contribution in [0.1, 0.15) is 24.8 Å². The second kappa shape index (κ2) is 4.42. The lowest BCUT2D eigenvalue weighted by Gasteiger charge is -2.30. The summed E-state index contributed by atoms with van der Waals surface area (Å²) in [7, 11) is 0. The highest BCUT2D eigenvalue weighted by Crippen LogP contribution is 2.41. The number of thiocarbonyl (C=S) groups is 1. The standard InChI is InChI=1S/C16H17N3S/c17-15(20)13-8-11-3-1-2-4-14(11)18-16(13)19-9-10-5-6-12(19)7-10/h1-4,8,10,12H,5-7,9H2,(H2,17,20). The molecule has 2 fully saturated rings. The molecule has 2 bridgehead atoms. The van der Waals surface area contributed by atoms with Gasteiger partial charge in [0.15, 0.2) is 0 Å². The number of pyridine rings is 1. The number of fused-ring (bicyclic) bond motifs is 3. The Morgan fingerprint density at radius 1 is 1.30 bits per heavy atom. The fourth-order valence-electron chi connectivity index (χ4n) is 3.69. The Bertz CT molecular complexity index is 697. The Morgan fingerprint density at radius 3 is 2.85 bits per heavy atom. The molecule has 1 saturated heterocycles. The van der Waals surface area contributed by atoms with Gasteiger partial charge in [-0.25, -0.2) is 4.98 Å². The lowest BCUT2D eigenvalue weighted by atomic mass is 10.1. The molecule has 4 rings (SSSR count). The summed E-state index contributed by atoms with van der Waals surface area (Å²) in [6.07, 6.45) is 3.93. The molecule has 2 unspecified atom stereocenters. The Labute approximate surface area is 123 Å². The molecule has 0 spiro atoms. The van der Waals surface area contributed by atoms with E-state index in [0.717, 1.165) is 34.7 Å². The minimum absolute atomic E-state index is 0.445. The summed E-state index contributed by atoms with van der Waals surface area (Å²) in [6.45, 7) is 1.10. The van der Waals surface area contributed by atoms with Crippen LogP contribution in [0.3, 0.4) is 0 Å². The van der Waals surface area contributed by atoms with Crippen molar-refractivity contribution < 1.29 is 0 Å². The molecule has 1 aliphatic carbocycles. The Balaban J connectivity index is 1.88. The summed E-state index contributed by atoms with van der Waals surface area (Å²) >= 11 is 5.25. The second-order valence-corrected chi connectivity index (χ2v) is 6.34. The van der Waals surface area contributed by atoms with E-state index in [1.54, 1.807) is 0 Å². The first-order valence-corrected chi connectivity index (χ1v) is 7.59. The fourth-order valence-corrected chi connectivity index (χ4v) is 3.84. The van der Waals surface area contributed by atoms with E-state index in [1.165, 1.54) is 19.3 Å². The summed E-state index contributed by atoms with van der Waals surface area (Å²) in [5, 5.41) is 1.10. The molecule has 2 N–H and O–H groups in total. The number of piperidine rings is 1. The van der Waals surface area contributed by atoms with Crippen molar-refractivity contribution in [1.29, 1.82) is 0 Å². The van der Waals surface area contributed by atoms with Gasteiger partial charge in [-0.1, -0.05) is 30.4 Å². The third-order valence-electron chi connectivity index (χ3n) is 4.65. The maximum atomic E-state index is 5.94. The molecule has 0 radical (unpaired) electrons. The molecule has 1 aromatic heterocycles. The number of aromatic nitrogens is 1. The molecule has 0 amide bonds. The van der Waals surface area contributed by atoms with Gasteiger partial charge in [-0.2, -0.15) is 0 Å². The number of nitrogens with two attached hydrogens (primary N) is 1. The van der Waals surface area contributed by atoms with Gasteiger partial charge >= 0.3 is 0 Å². The summed E-state index contributed by atoms with van der Waals surface area (Å²) < 4.78 is 0. The molecule has 102 valence electrons. The van der Waals surface area contributed by atoms with E-state index in [4.69, 9.17) is 22.9 Å². The first-order valence-electron chi connectivity index (χ1n) is 7.18. The molecule has 2 heterocycles. The zero-order chi connectivity index (χ0) is 13.7. The van der Waals surface area contributed by atoms with Gasteiger partial charge in [0, 0.05) is 18.0 Å². The van der Waals surface area contributed by atoms with E-state index in [-0.39, 0.29) is 0 Å². The van der Waals surface area contributed by atoms with Crippen LogP contribution < -0.4 is 10.6 Å². The van der Waals surface area contributed by atoms with Crippen LogP contribution in [0.25, 0.3) is 10.9 Å². The highest BCUT2D eigenvalue weighted by molar-refractivity contribution is 7.80. The Morgan fingerprint density at radius 2 is 2.15 bits per heavy atom. The first kappa shape index (κ1) is 12.1. The molecular weight excluding hydrogens is 266 g/mol. The summed E-state index contributed by atoms with van der Waals surface area (Å²) in [6, 6.07) is 10.9. The van der Waals surface area contributed by atoms with Crippen molar-refractivity contribution in [3.63, 3.8) is 0 Å². The average Bonchev–Trinajstić information content (AvgIpc) is 3.08. The fraction of sp³-hybridized carbons (Fsp3) is 0.375. The third-order valence-corrected chi connectivity index (χ3v) is 4.87. The predicted octanol–water partition coefficient (Wildman–Crippen LogP) is 2.86. The quantitative estimate of drug-likeness (QED) is 0.861. The number of para-hydroxylation sites is 1. The lowest BCUT2D eigenvalue weighted by Crippen LogP contribution is -2.34. The highest BCUT2D eigenvalue weighted by Gasteiger charge is 2.39. The van der Waals surface area contributed by atoms with Gasteiger partial charge in [0.25, 0.3) is 0 Å². The van der Waals surface area contributed by atoms with Gasteiger partial charge in [0.05, 0.1) is 11.1 Å². The molecule has 1 aliphatic heterocycles. The number of hydrogen-bond acceptors (Lipinski definition) is 3. The van der Waals surface area contributed by atoms with Gasteiger partial charge in [-0.3, -0.25) is 0 Å². The van der Waals surface area contributed by atoms with Crippen molar-refractivity contribution in [2.24, 2.45) is 11.7 Å². The minimum atomic E-state index is 0.445. The van der Waals surface area contributed by atoms with Crippen LogP contribution in [0, 0.1) is 5.92 Å². The van der Waals surface area contributed by atoms with E-state index in [2.05, 4.69) is 23.1 Å². The zero-order valence-electron chi connectivity index (χ0n) is 11.2.